The molecule has 1 aliphatic rings. The number of amides is 2. The highest BCUT2D eigenvalue weighted by Gasteiger charge is 2.22. The summed E-state index contributed by atoms with van der Waals surface area (Å²) in [5.41, 5.74) is 0.980. The molecule has 1 aromatic heterocycles. The standard InChI is InChI=1S/C18H27N3O2/c1-15(22)21(17-8-4-2-3-5-9-17)12-10-18(23)20-14-16-7-6-11-19-13-16/h6-7,11,13,17H,2-5,8-10,12,14H2,1H3,(H,20,23). The molecule has 2 amide bonds. The first-order valence-electron chi connectivity index (χ1n) is 8.59. The quantitative estimate of drug-likeness (QED) is 0.821. The van der Waals surface area contributed by atoms with Gasteiger partial charge in [0.15, 0.2) is 0 Å². The number of hydrogen-bond donors (Lipinski definition) is 1. The Morgan fingerprint density at radius 3 is 2.61 bits per heavy atom. The molecule has 1 aromatic rings. The van der Waals surface area contributed by atoms with Gasteiger partial charge in [-0.3, -0.25) is 14.6 Å². The number of aromatic nitrogens is 1. The molecule has 0 radical (unpaired) electrons. The third kappa shape index (κ3) is 6.00. The molecule has 0 aromatic carbocycles. The average molecular weight is 317 g/mol. The zero-order chi connectivity index (χ0) is 16.5. The molecule has 0 spiro atoms. The normalized spacial score (nSPS) is 15.7. The maximum absolute atomic E-state index is 12.0. The molecule has 0 atom stereocenters. The third-order valence-corrected chi connectivity index (χ3v) is 4.46. The molecule has 1 fully saturated rings. The number of nitrogens with one attached hydrogen (secondary N) is 1. The predicted octanol–water partition coefficient (Wildman–Crippen LogP) is 2.66. The molecular weight excluding hydrogens is 290 g/mol. The largest absolute Gasteiger partial charge is 0.352 e. The van der Waals surface area contributed by atoms with E-state index in [0.717, 1.165) is 18.4 Å². The first-order chi connectivity index (χ1) is 11.2. The SMILES string of the molecule is CC(=O)N(CCC(=O)NCc1cccnc1)C1CCCCCC1. The van der Waals surface area contributed by atoms with E-state index in [1.807, 2.05) is 17.0 Å². The van der Waals surface area contributed by atoms with Crippen LogP contribution in [0.15, 0.2) is 24.5 Å². The lowest BCUT2D eigenvalue weighted by Gasteiger charge is -2.30. The highest BCUT2D eigenvalue weighted by atomic mass is 16.2. The van der Waals surface area contributed by atoms with Gasteiger partial charge >= 0.3 is 0 Å². The first kappa shape index (κ1) is 17.4. The minimum atomic E-state index is -0.0197. The van der Waals surface area contributed by atoms with Crippen molar-refractivity contribution in [3.05, 3.63) is 30.1 Å². The fraction of sp³-hybridized carbons (Fsp3) is 0.611. The molecular formula is C18H27N3O2. The third-order valence-electron chi connectivity index (χ3n) is 4.46. The Morgan fingerprint density at radius 1 is 1.26 bits per heavy atom. The van der Waals surface area contributed by atoms with Gasteiger partial charge in [-0.2, -0.15) is 0 Å². The van der Waals surface area contributed by atoms with Gasteiger partial charge in [0.05, 0.1) is 0 Å². The van der Waals surface area contributed by atoms with E-state index in [4.69, 9.17) is 0 Å². The maximum atomic E-state index is 12.0. The number of carbonyl (C=O) groups is 2. The summed E-state index contributed by atoms with van der Waals surface area (Å²) in [6, 6.07) is 4.09. The lowest BCUT2D eigenvalue weighted by Crippen LogP contribution is -2.41. The van der Waals surface area contributed by atoms with Crippen LogP contribution < -0.4 is 5.32 Å². The molecule has 5 heteroatoms. The number of nitrogens with zero attached hydrogens (tertiary/aromatic N) is 2. The number of pyridine rings is 1. The number of carbonyl (C=O) groups excluding carboxylic acids is 2. The molecule has 0 saturated heterocycles. The molecule has 1 aliphatic carbocycles. The van der Waals surface area contributed by atoms with Gasteiger partial charge in [0.25, 0.3) is 0 Å². The summed E-state index contributed by atoms with van der Waals surface area (Å²) in [4.78, 5) is 29.9. The second-order valence-corrected chi connectivity index (χ2v) is 6.25. The van der Waals surface area contributed by atoms with E-state index in [1.54, 1.807) is 19.3 Å². The van der Waals surface area contributed by atoms with E-state index >= 15 is 0 Å². The van der Waals surface area contributed by atoms with Gasteiger partial charge in [-0.15, -0.1) is 0 Å². The Balaban J connectivity index is 1.78. The smallest absolute Gasteiger partial charge is 0.222 e. The zero-order valence-electron chi connectivity index (χ0n) is 14.0. The van der Waals surface area contributed by atoms with Crippen molar-refractivity contribution >= 4 is 11.8 Å². The number of rotatable bonds is 6. The monoisotopic (exact) mass is 317 g/mol. The van der Waals surface area contributed by atoms with Crippen molar-refractivity contribution in [2.24, 2.45) is 0 Å². The van der Waals surface area contributed by atoms with Crippen LogP contribution in [0.3, 0.4) is 0 Å². The van der Waals surface area contributed by atoms with Crippen LogP contribution in [-0.2, 0) is 16.1 Å². The van der Waals surface area contributed by atoms with Gasteiger partial charge in [0, 0.05) is 44.9 Å². The average Bonchev–Trinajstić information content (AvgIpc) is 2.83. The van der Waals surface area contributed by atoms with Crippen molar-refractivity contribution in [1.29, 1.82) is 0 Å². The van der Waals surface area contributed by atoms with Crippen LogP contribution in [0.1, 0.15) is 57.4 Å². The maximum Gasteiger partial charge on any atom is 0.222 e. The van der Waals surface area contributed by atoms with Gasteiger partial charge < -0.3 is 10.2 Å². The molecule has 1 N–H and O–H groups in total. The van der Waals surface area contributed by atoms with E-state index in [1.165, 1.54) is 25.7 Å². The minimum Gasteiger partial charge on any atom is -0.352 e. The number of hydrogen-bond acceptors (Lipinski definition) is 3. The van der Waals surface area contributed by atoms with E-state index in [2.05, 4.69) is 10.3 Å². The highest BCUT2D eigenvalue weighted by molar-refractivity contribution is 5.78. The summed E-state index contributed by atoms with van der Waals surface area (Å²) in [6.45, 7) is 2.60. The Bertz CT molecular complexity index is 496. The van der Waals surface area contributed by atoms with E-state index in [-0.39, 0.29) is 11.8 Å². The van der Waals surface area contributed by atoms with Gasteiger partial charge in [0.1, 0.15) is 0 Å². The van der Waals surface area contributed by atoms with E-state index < -0.39 is 0 Å². The molecule has 1 saturated carbocycles. The second kappa shape index (κ2) is 9.28. The van der Waals surface area contributed by atoms with Crippen LogP contribution in [0.2, 0.25) is 0 Å². The molecule has 23 heavy (non-hydrogen) atoms. The molecule has 126 valence electrons. The molecule has 0 aliphatic heterocycles. The van der Waals surface area contributed by atoms with Crippen LogP contribution >= 0.6 is 0 Å². The van der Waals surface area contributed by atoms with Gasteiger partial charge in [-0.05, 0) is 24.5 Å². The fourth-order valence-electron chi connectivity index (χ4n) is 3.18. The summed E-state index contributed by atoms with van der Waals surface area (Å²) in [7, 11) is 0. The Labute approximate surface area is 138 Å². The molecule has 5 nitrogen and oxygen atoms in total. The molecule has 2 rings (SSSR count). The molecule has 0 bridgehead atoms. The topological polar surface area (TPSA) is 62.3 Å². The van der Waals surface area contributed by atoms with Crippen LogP contribution in [0.5, 0.6) is 0 Å². The van der Waals surface area contributed by atoms with Gasteiger partial charge in [-0.1, -0.05) is 31.7 Å². The predicted molar refractivity (Wildman–Crippen MR) is 89.6 cm³/mol. The van der Waals surface area contributed by atoms with Crippen molar-refractivity contribution in [2.75, 3.05) is 6.54 Å². The molecule has 0 unspecified atom stereocenters. The van der Waals surface area contributed by atoms with Crippen LogP contribution in [0.4, 0.5) is 0 Å². The Kier molecular flexibility index (Phi) is 7.04. The van der Waals surface area contributed by atoms with Gasteiger partial charge in [-0.25, -0.2) is 0 Å². The fourth-order valence-corrected chi connectivity index (χ4v) is 3.18. The first-order valence-corrected chi connectivity index (χ1v) is 8.59. The van der Waals surface area contributed by atoms with Crippen LogP contribution in [-0.4, -0.2) is 34.3 Å². The van der Waals surface area contributed by atoms with E-state index in [9.17, 15) is 9.59 Å². The van der Waals surface area contributed by atoms with Crippen molar-refractivity contribution in [3.63, 3.8) is 0 Å². The Morgan fingerprint density at radius 2 is 2.00 bits per heavy atom. The second-order valence-electron chi connectivity index (χ2n) is 6.25. The lowest BCUT2D eigenvalue weighted by atomic mass is 10.1. The summed E-state index contributed by atoms with van der Waals surface area (Å²) in [6.07, 6.45) is 10.8. The van der Waals surface area contributed by atoms with Crippen LogP contribution in [0, 0.1) is 0 Å². The van der Waals surface area contributed by atoms with Crippen molar-refractivity contribution in [3.8, 4) is 0 Å². The zero-order valence-corrected chi connectivity index (χ0v) is 14.0. The van der Waals surface area contributed by atoms with Crippen LogP contribution in [0.25, 0.3) is 0 Å². The summed E-state index contributed by atoms with van der Waals surface area (Å²) < 4.78 is 0. The lowest BCUT2D eigenvalue weighted by molar-refractivity contribution is -0.132. The molecule has 1 heterocycles. The van der Waals surface area contributed by atoms with Crippen molar-refractivity contribution in [2.45, 2.75) is 64.5 Å². The Hall–Kier alpha value is -1.91. The highest BCUT2D eigenvalue weighted by Crippen LogP contribution is 2.22. The summed E-state index contributed by atoms with van der Waals surface area (Å²) in [5, 5.41) is 2.89. The summed E-state index contributed by atoms with van der Waals surface area (Å²) in [5.74, 6) is 0.0608. The van der Waals surface area contributed by atoms with Gasteiger partial charge in [0.2, 0.25) is 11.8 Å². The summed E-state index contributed by atoms with van der Waals surface area (Å²) >= 11 is 0. The minimum absolute atomic E-state index is 0.0197. The van der Waals surface area contributed by atoms with E-state index in [0.29, 0.717) is 25.6 Å². The van der Waals surface area contributed by atoms with Crippen molar-refractivity contribution in [1.82, 2.24) is 15.2 Å². The van der Waals surface area contributed by atoms with Crippen molar-refractivity contribution < 1.29 is 9.59 Å².